The highest BCUT2D eigenvalue weighted by Crippen LogP contribution is 2.30. The molecule has 2 heterocycles. The molecular formula is C48H85N5O9. The van der Waals surface area contributed by atoms with Gasteiger partial charge in [0.25, 0.3) is 5.91 Å². The first-order chi connectivity index (χ1) is 29.4. The lowest BCUT2D eigenvalue weighted by molar-refractivity contribution is -0.199. The second-order valence-electron chi connectivity index (χ2n) is 17.5. The molecule has 14 nitrogen and oxygen atoms in total. The normalized spacial score (nSPS) is 19.2. The molecule has 14 heteroatoms. The number of benzene rings is 1. The number of aliphatic hydroxyl groups is 1. The van der Waals surface area contributed by atoms with E-state index < -0.39 is 24.1 Å². The number of carbonyl (C=O) groups is 5. The number of hydrogen-bond donors (Lipinski definition) is 3. The molecule has 0 bridgehead atoms. The summed E-state index contributed by atoms with van der Waals surface area (Å²) in [6, 6.07) is 7.87. The smallest absolute Gasteiger partial charge is 0.269 e. The number of carbonyl (C=O) groups excluding carboxylic acids is 5. The summed E-state index contributed by atoms with van der Waals surface area (Å²) < 4.78 is 11.7. The Morgan fingerprint density at radius 3 is 2.03 bits per heavy atom. The molecule has 1 aromatic rings. The van der Waals surface area contributed by atoms with Crippen LogP contribution in [0.25, 0.3) is 0 Å². The largest absolute Gasteiger partial charge is 0.395 e. The van der Waals surface area contributed by atoms with E-state index in [2.05, 4.69) is 31.4 Å². The zero-order valence-corrected chi connectivity index (χ0v) is 40.8. The van der Waals surface area contributed by atoms with E-state index in [1.165, 1.54) is 12.0 Å². The van der Waals surface area contributed by atoms with Crippen molar-refractivity contribution in [2.45, 2.75) is 157 Å². The zero-order valence-electron chi connectivity index (χ0n) is 40.8. The lowest BCUT2D eigenvalue weighted by Gasteiger charge is -2.36. The lowest BCUT2D eigenvalue weighted by Crippen LogP contribution is -2.55. The number of nitrogens with zero attached hydrogens (tertiary/aromatic N) is 3. The molecule has 62 heavy (non-hydrogen) atoms. The first-order valence-electron chi connectivity index (χ1n) is 23.2. The standard InChI is InChI=1S/C32H51N3O6.C14H28N2O3.C2H6/c1-7-22(2)23(3)28(39-5)21-29(36)34-17-13-16-27(34)30(40-6)24(4)31(37)33-26(20-25-14-9-8-10-15-25)32(38)35-18-11-12-19-41-35;1-9(2)12(11(5)18)15-14(19)13(10(3)4)16(6)7-8-17;1-2/h8-10,14-15,22-24,26-28,30H,7,11-13,16-21H2,1-6H3,(H,33,37);9-10,12-13,17H,7-8H2,1-6H3,(H,15,19);1-2H3/t22?,23-,24+,26-,27-,28?,30+;12-,13?;/m00./s1. The number of amides is 4. The van der Waals surface area contributed by atoms with Gasteiger partial charge in [-0.05, 0) is 68.9 Å². The van der Waals surface area contributed by atoms with Gasteiger partial charge in [0.15, 0.2) is 5.78 Å². The molecular weight excluding hydrogens is 791 g/mol. The topological polar surface area (TPSA) is 167 Å². The molecule has 0 saturated carbocycles. The van der Waals surface area contributed by atoms with E-state index in [9.17, 15) is 24.0 Å². The van der Waals surface area contributed by atoms with Crippen LogP contribution in [0.4, 0.5) is 0 Å². The highest BCUT2D eigenvalue weighted by molar-refractivity contribution is 5.90. The molecule has 2 saturated heterocycles. The van der Waals surface area contributed by atoms with Crippen molar-refractivity contribution in [3.63, 3.8) is 0 Å². The Hall–Kier alpha value is -3.43. The third-order valence-corrected chi connectivity index (χ3v) is 12.4. The minimum atomic E-state index is -0.770. The van der Waals surface area contributed by atoms with Crippen LogP contribution in [0, 0.1) is 29.6 Å². The third kappa shape index (κ3) is 17.6. The summed E-state index contributed by atoms with van der Waals surface area (Å²) in [6.07, 6.45) is 4.40. The van der Waals surface area contributed by atoms with Crippen LogP contribution in [0.2, 0.25) is 0 Å². The van der Waals surface area contributed by atoms with Gasteiger partial charge in [-0.1, -0.05) is 106 Å². The predicted molar refractivity (Wildman–Crippen MR) is 245 cm³/mol. The summed E-state index contributed by atoms with van der Waals surface area (Å²) in [6.45, 7) is 23.6. The van der Waals surface area contributed by atoms with Crippen molar-refractivity contribution in [2.24, 2.45) is 29.6 Å². The van der Waals surface area contributed by atoms with Crippen LogP contribution in [0.5, 0.6) is 0 Å². The number of methoxy groups -OCH3 is 2. The van der Waals surface area contributed by atoms with Gasteiger partial charge in [0.1, 0.15) is 6.04 Å². The van der Waals surface area contributed by atoms with Crippen LogP contribution in [0.1, 0.15) is 120 Å². The van der Waals surface area contributed by atoms with E-state index in [1.807, 2.05) is 88.6 Å². The lowest BCUT2D eigenvalue weighted by atomic mass is 9.87. The monoisotopic (exact) mass is 876 g/mol. The van der Waals surface area contributed by atoms with E-state index in [0.717, 1.165) is 37.7 Å². The molecule has 356 valence electrons. The van der Waals surface area contributed by atoms with Gasteiger partial charge in [0, 0.05) is 40.3 Å². The summed E-state index contributed by atoms with van der Waals surface area (Å²) in [7, 11) is 5.07. The zero-order chi connectivity index (χ0) is 47.1. The second-order valence-corrected chi connectivity index (χ2v) is 17.5. The molecule has 3 unspecified atom stereocenters. The Morgan fingerprint density at radius 1 is 0.887 bits per heavy atom. The van der Waals surface area contributed by atoms with Gasteiger partial charge >= 0.3 is 0 Å². The van der Waals surface area contributed by atoms with Gasteiger partial charge < -0.3 is 30.1 Å². The molecule has 3 N–H and O–H groups in total. The van der Waals surface area contributed by atoms with Gasteiger partial charge in [0.05, 0.1) is 55.9 Å². The average Bonchev–Trinajstić information content (AvgIpc) is 3.75. The maximum Gasteiger partial charge on any atom is 0.269 e. The number of rotatable bonds is 22. The van der Waals surface area contributed by atoms with Crippen molar-refractivity contribution in [2.75, 3.05) is 54.1 Å². The number of hydrogen-bond acceptors (Lipinski definition) is 10. The van der Waals surface area contributed by atoms with E-state index in [1.54, 1.807) is 21.3 Å². The predicted octanol–water partition coefficient (Wildman–Crippen LogP) is 5.69. The maximum atomic E-state index is 13.7. The summed E-state index contributed by atoms with van der Waals surface area (Å²) in [5.74, 6) is -0.387. The van der Waals surface area contributed by atoms with Crippen LogP contribution in [0.3, 0.4) is 0 Å². The number of aliphatic hydroxyl groups excluding tert-OH is 1. The highest BCUT2D eigenvalue weighted by atomic mass is 16.7. The minimum Gasteiger partial charge on any atom is -0.395 e. The number of hydroxylamine groups is 2. The molecule has 2 aliphatic rings. The van der Waals surface area contributed by atoms with Crippen molar-refractivity contribution in [3.05, 3.63) is 35.9 Å². The van der Waals surface area contributed by atoms with Crippen LogP contribution >= 0.6 is 0 Å². The number of likely N-dealkylation sites (tertiary alicyclic amines) is 1. The van der Waals surface area contributed by atoms with E-state index in [4.69, 9.17) is 19.4 Å². The Morgan fingerprint density at radius 2 is 1.53 bits per heavy atom. The Labute approximate surface area is 374 Å². The van der Waals surface area contributed by atoms with Crippen LogP contribution in [-0.4, -0.2) is 140 Å². The minimum absolute atomic E-state index is 0.00726. The van der Waals surface area contributed by atoms with Gasteiger partial charge in [-0.2, -0.15) is 0 Å². The van der Waals surface area contributed by atoms with Crippen LogP contribution in [-0.2, 0) is 44.7 Å². The summed E-state index contributed by atoms with van der Waals surface area (Å²) in [5.41, 5.74) is 0.950. The summed E-state index contributed by atoms with van der Waals surface area (Å²) >= 11 is 0. The molecule has 2 aliphatic heterocycles. The summed E-state index contributed by atoms with van der Waals surface area (Å²) in [5, 5.41) is 16.2. The number of ether oxygens (including phenoxy) is 2. The fourth-order valence-electron chi connectivity index (χ4n) is 8.38. The van der Waals surface area contributed by atoms with Crippen LogP contribution in [0.15, 0.2) is 30.3 Å². The average molecular weight is 876 g/mol. The summed E-state index contributed by atoms with van der Waals surface area (Å²) in [4.78, 5) is 73.8. The van der Waals surface area contributed by atoms with E-state index in [0.29, 0.717) is 45.0 Å². The second kappa shape index (κ2) is 29.8. The first-order valence-corrected chi connectivity index (χ1v) is 23.2. The molecule has 3 rings (SSSR count). The van der Waals surface area contributed by atoms with Gasteiger partial charge in [0.2, 0.25) is 17.7 Å². The molecule has 9 atom stereocenters. The molecule has 4 amide bonds. The number of nitrogens with one attached hydrogen (secondary N) is 2. The van der Waals surface area contributed by atoms with Crippen molar-refractivity contribution in [1.82, 2.24) is 25.5 Å². The van der Waals surface area contributed by atoms with Gasteiger partial charge in [-0.3, -0.25) is 33.7 Å². The first kappa shape index (κ1) is 56.6. The molecule has 0 radical (unpaired) electrons. The number of Topliss-reactive ketones (excluding diaryl/α,β-unsaturated/α-hetero) is 1. The number of likely N-dealkylation sites (N-methyl/N-ethyl adjacent to an activating group) is 1. The maximum absolute atomic E-state index is 13.7. The third-order valence-electron chi connectivity index (χ3n) is 12.4. The fourth-order valence-corrected chi connectivity index (χ4v) is 8.38. The van der Waals surface area contributed by atoms with Crippen molar-refractivity contribution >= 4 is 29.4 Å². The van der Waals surface area contributed by atoms with Crippen molar-refractivity contribution in [3.8, 4) is 0 Å². The molecule has 2 fully saturated rings. The van der Waals surface area contributed by atoms with E-state index in [-0.39, 0.29) is 72.0 Å². The van der Waals surface area contributed by atoms with Gasteiger partial charge in [-0.25, -0.2) is 5.06 Å². The van der Waals surface area contributed by atoms with Crippen molar-refractivity contribution in [1.29, 1.82) is 0 Å². The van der Waals surface area contributed by atoms with Gasteiger partial charge in [-0.15, -0.1) is 0 Å². The SMILES string of the molecule is CC.CC(=O)[C@@H](NC(=O)C(C(C)C)N(C)CCO)C(C)C.CCC(C)[C@H](C)C(CC(=O)N1CCC[C@H]1[C@H](OC)[C@@H](C)C(=O)N[C@@H](Cc1ccccc1)C(=O)N1CCCCO1)OC. The molecule has 0 spiro atoms. The fraction of sp³-hybridized carbons (Fsp3) is 0.771. The van der Waals surface area contributed by atoms with Crippen LogP contribution < -0.4 is 10.6 Å². The highest BCUT2D eigenvalue weighted by Gasteiger charge is 2.42. The quantitative estimate of drug-likeness (QED) is 0.132. The van der Waals surface area contributed by atoms with E-state index >= 15 is 0 Å². The van der Waals surface area contributed by atoms with Crippen molar-refractivity contribution < 1.29 is 43.4 Å². The Kier molecular flexibility index (Phi) is 27.2. The Balaban J connectivity index is 0.000000770. The Bertz CT molecular complexity index is 1460. The molecule has 0 aliphatic carbocycles. The number of ketones is 1. The molecule has 0 aromatic heterocycles. The molecule has 1 aromatic carbocycles.